The number of carboxylic acids is 1. The van der Waals surface area contributed by atoms with E-state index in [1.807, 2.05) is 63.1 Å². The molecule has 0 saturated carbocycles. The number of benzene rings is 1. The van der Waals surface area contributed by atoms with Crippen LogP contribution in [0.5, 0.6) is 0 Å². The zero-order chi connectivity index (χ0) is 35.6. The van der Waals surface area contributed by atoms with Crippen molar-refractivity contribution in [2.75, 3.05) is 26.7 Å². The minimum absolute atomic E-state index is 0.0464. The molecule has 0 aliphatic rings. The van der Waals surface area contributed by atoms with E-state index in [1.165, 1.54) is 11.3 Å². The number of nitrogens with one attached hydrogen (secondary N) is 3. The Morgan fingerprint density at radius 1 is 0.979 bits per heavy atom. The Morgan fingerprint density at radius 3 is 2.31 bits per heavy atom. The number of thiazole rings is 1. The van der Waals surface area contributed by atoms with E-state index in [2.05, 4.69) is 27.9 Å². The van der Waals surface area contributed by atoms with Gasteiger partial charge in [-0.1, -0.05) is 71.4 Å². The van der Waals surface area contributed by atoms with Gasteiger partial charge in [0, 0.05) is 30.3 Å². The second-order valence-electron chi connectivity index (χ2n) is 12.7. The number of carbonyl (C=O) groups excluding carboxylic acids is 4. The fourth-order valence-electron chi connectivity index (χ4n) is 5.01. The van der Waals surface area contributed by atoms with E-state index in [0.29, 0.717) is 17.8 Å². The minimum Gasteiger partial charge on any atom is -0.481 e. The van der Waals surface area contributed by atoms with E-state index in [0.717, 1.165) is 24.9 Å². The molecular weight excluding hydrogens is 634 g/mol. The van der Waals surface area contributed by atoms with Crippen LogP contribution in [0.3, 0.4) is 0 Å². The number of likely N-dealkylation sites (N-methyl/N-ethyl adjacent to an activating group) is 1. The van der Waals surface area contributed by atoms with Crippen molar-refractivity contribution >= 4 is 41.0 Å². The first-order valence-electron chi connectivity index (χ1n) is 16.8. The molecule has 4 N–H and O–H groups in total. The fourth-order valence-corrected chi connectivity index (χ4v) is 5.85. The van der Waals surface area contributed by atoms with Crippen LogP contribution in [0.4, 0.5) is 0 Å². The summed E-state index contributed by atoms with van der Waals surface area (Å²) in [6, 6.07) is 8.64. The van der Waals surface area contributed by atoms with Crippen molar-refractivity contribution < 1.29 is 33.8 Å². The standard InChI is InChI=1S/C35H53N5O7S/c1-7-9-16-40(6)21-31(42)36-20-30(41)38-27(23(3)4)19-29(47-32(43)13-8-2)34-39-28(22-48-34)33(44)37-26(17-24(5)35(45)46)18-25-14-11-10-12-15-25/h10-12,14-15,22-24,26-27,29H,7-9,13,16-21H2,1-6H3,(H,36,42)(H,37,44)(H,38,41)(H,45,46)/t24?,26-,27?,29?/m1/s1. The molecule has 48 heavy (non-hydrogen) atoms. The molecule has 0 fully saturated rings. The summed E-state index contributed by atoms with van der Waals surface area (Å²) in [6.45, 7) is 10.2. The quantitative estimate of drug-likeness (QED) is 0.132. The second-order valence-corrected chi connectivity index (χ2v) is 13.5. The number of aromatic nitrogens is 1. The van der Waals surface area contributed by atoms with Gasteiger partial charge in [0.15, 0.2) is 6.10 Å². The van der Waals surface area contributed by atoms with Crippen molar-refractivity contribution in [2.45, 2.75) is 97.8 Å². The van der Waals surface area contributed by atoms with E-state index in [-0.39, 0.29) is 55.8 Å². The lowest BCUT2D eigenvalue weighted by Crippen LogP contribution is -2.46. The third kappa shape index (κ3) is 14.9. The molecule has 1 aromatic heterocycles. The highest BCUT2D eigenvalue weighted by molar-refractivity contribution is 7.09. The lowest BCUT2D eigenvalue weighted by molar-refractivity contribution is -0.150. The smallest absolute Gasteiger partial charge is 0.306 e. The molecule has 0 bridgehead atoms. The van der Waals surface area contributed by atoms with Crippen LogP contribution in [0.1, 0.15) is 100 Å². The Morgan fingerprint density at radius 2 is 1.69 bits per heavy atom. The van der Waals surface area contributed by atoms with Crippen LogP contribution in [0.15, 0.2) is 35.7 Å². The van der Waals surface area contributed by atoms with Gasteiger partial charge in [-0.3, -0.25) is 28.9 Å². The topological polar surface area (TPSA) is 167 Å². The number of esters is 1. The molecule has 4 atom stereocenters. The van der Waals surface area contributed by atoms with Crippen molar-refractivity contribution in [3.05, 3.63) is 52.0 Å². The van der Waals surface area contributed by atoms with E-state index in [1.54, 1.807) is 12.3 Å². The third-order valence-corrected chi connectivity index (χ3v) is 8.79. The van der Waals surface area contributed by atoms with Gasteiger partial charge in [0.2, 0.25) is 11.8 Å². The van der Waals surface area contributed by atoms with E-state index in [9.17, 15) is 29.1 Å². The highest BCUT2D eigenvalue weighted by Gasteiger charge is 2.29. The number of hydrogen-bond acceptors (Lipinski definition) is 9. The molecule has 2 rings (SSSR count). The summed E-state index contributed by atoms with van der Waals surface area (Å²) < 4.78 is 5.83. The van der Waals surface area contributed by atoms with Crippen LogP contribution < -0.4 is 16.0 Å². The molecule has 3 amide bonds. The molecule has 12 nitrogen and oxygen atoms in total. The SMILES string of the molecule is CCCCN(C)CC(=O)NCC(=O)NC(CC(OC(=O)CCC)c1nc(C(=O)N[C@@H](Cc2ccccc2)CC(C)C(=O)O)cs1)C(C)C. The molecule has 0 radical (unpaired) electrons. The Kier molecular flexibility index (Phi) is 17.8. The molecule has 0 spiro atoms. The van der Waals surface area contributed by atoms with Gasteiger partial charge in [-0.05, 0) is 50.8 Å². The number of ether oxygens (including phenoxy) is 1. The van der Waals surface area contributed by atoms with Crippen molar-refractivity contribution in [2.24, 2.45) is 11.8 Å². The monoisotopic (exact) mass is 687 g/mol. The normalized spacial score (nSPS) is 13.8. The number of nitrogens with zero attached hydrogens (tertiary/aromatic N) is 2. The van der Waals surface area contributed by atoms with Gasteiger partial charge < -0.3 is 25.8 Å². The first-order chi connectivity index (χ1) is 22.8. The predicted octanol–water partition coefficient (Wildman–Crippen LogP) is 4.36. The molecule has 266 valence electrons. The third-order valence-electron chi connectivity index (χ3n) is 7.85. The number of hydrogen-bond donors (Lipinski definition) is 4. The van der Waals surface area contributed by atoms with Gasteiger partial charge in [-0.25, -0.2) is 4.98 Å². The highest BCUT2D eigenvalue weighted by Crippen LogP contribution is 2.29. The second kappa shape index (κ2) is 21.2. The first-order valence-corrected chi connectivity index (χ1v) is 17.7. The summed E-state index contributed by atoms with van der Waals surface area (Å²) in [5.74, 6) is -3.14. The summed E-state index contributed by atoms with van der Waals surface area (Å²) in [5, 5.41) is 20.1. The summed E-state index contributed by atoms with van der Waals surface area (Å²) in [4.78, 5) is 69.2. The van der Waals surface area contributed by atoms with Crippen LogP contribution >= 0.6 is 11.3 Å². The molecule has 0 aliphatic heterocycles. The Hall–Kier alpha value is -3.84. The van der Waals surface area contributed by atoms with Gasteiger partial charge in [0.05, 0.1) is 19.0 Å². The Balaban J connectivity index is 2.16. The lowest BCUT2D eigenvalue weighted by atomic mass is 9.96. The maximum atomic E-state index is 13.4. The largest absolute Gasteiger partial charge is 0.481 e. The molecule has 0 saturated heterocycles. The van der Waals surface area contributed by atoms with Crippen LogP contribution in [-0.2, 0) is 30.3 Å². The van der Waals surface area contributed by atoms with Crippen molar-refractivity contribution in [3.63, 3.8) is 0 Å². The zero-order valence-electron chi connectivity index (χ0n) is 29.1. The van der Waals surface area contributed by atoms with Crippen molar-refractivity contribution in [1.29, 1.82) is 0 Å². The first kappa shape index (κ1) is 40.3. The van der Waals surface area contributed by atoms with Gasteiger partial charge in [0.1, 0.15) is 10.7 Å². The lowest BCUT2D eigenvalue weighted by Gasteiger charge is -2.26. The number of aliphatic carboxylic acids is 1. The minimum atomic E-state index is -0.945. The summed E-state index contributed by atoms with van der Waals surface area (Å²) in [5.41, 5.74) is 1.09. The molecule has 1 heterocycles. The summed E-state index contributed by atoms with van der Waals surface area (Å²) in [7, 11) is 1.86. The number of carbonyl (C=O) groups is 5. The molecule has 2 aromatic rings. The molecular formula is C35H53N5O7S. The van der Waals surface area contributed by atoms with Crippen LogP contribution in [0, 0.1) is 11.8 Å². The van der Waals surface area contributed by atoms with Crippen LogP contribution in [0.25, 0.3) is 0 Å². The summed E-state index contributed by atoms with van der Waals surface area (Å²) >= 11 is 1.18. The fraction of sp³-hybridized carbons (Fsp3) is 0.600. The van der Waals surface area contributed by atoms with Gasteiger partial charge in [-0.2, -0.15) is 0 Å². The molecule has 3 unspecified atom stereocenters. The molecule has 13 heteroatoms. The molecule has 1 aromatic carbocycles. The van der Waals surface area contributed by atoms with Crippen molar-refractivity contribution in [1.82, 2.24) is 25.8 Å². The van der Waals surface area contributed by atoms with E-state index < -0.39 is 42.0 Å². The number of unbranched alkanes of at least 4 members (excludes halogenated alkanes) is 1. The maximum Gasteiger partial charge on any atom is 0.306 e. The van der Waals surface area contributed by atoms with Gasteiger partial charge in [0.25, 0.3) is 5.91 Å². The van der Waals surface area contributed by atoms with Crippen molar-refractivity contribution in [3.8, 4) is 0 Å². The average Bonchev–Trinajstić information content (AvgIpc) is 3.53. The molecule has 0 aliphatic carbocycles. The summed E-state index contributed by atoms with van der Waals surface area (Å²) in [6.07, 6.45) is 2.88. The van der Waals surface area contributed by atoms with Gasteiger partial charge in [-0.15, -0.1) is 11.3 Å². The average molecular weight is 688 g/mol. The maximum absolute atomic E-state index is 13.4. The number of amides is 3. The van der Waals surface area contributed by atoms with E-state index in [4.69, 9.17) is 4.74 Å². The van der Waals surface area contributed by atoms with E-state index >= 15 is 0 Å². The van der Waals surface area contributed by atoms with Crippen LogP contribution in [0.2, 0.25) is 0 Å². The number of carboxylic acid groups (broad SMARTS) is 1. The van der Waals surface area contributed by atoms with Gasteiger partial charge >= 0.3 is 11.9 Å². The van der Waals surface area contributed by atoms with Crippen LogP contribution in [-0.4, -0.2) is 83.4 Å². The zero-order valence-corrected chi connectivity index (χ0v) is 29.9. The Bertz CT molecular complexity index is 1320. The predicted molar refractivity (Wildman–Crippen MR) is 185 cm³/mol. The Labute approximate surface area is 288 Å². The highest BCUT2D eigenvalue weighted by atomic mass is 32.1. The number of rotatable bonds is 22.